The number of piperidine rings is 1. The van der Waals surface area contributed by atoms with E-state index in [2.05, 4.69) is 4.98 Å². The van der Waals surface area contributed by atoms with Crippen LogP contribution in [0.5, 0.6) is 0 Å². The summed E-state index contributed by atoms with van der Waals surface area (Å²) in [7, 11) is 1.59. The molecule has 2 aromatic heterocycles. The number of aryl methyl sites for hydroxylation is 1. The fourth-order valence-electron chi connectivity index (χ4n) is 5.30. The Bertz CT molecular complexity index is 1050. The van der Waals surface area contributed by atoms with Crippen molar-refractivity contribution in [3.05, 3.63) is 33.6 Å². The third-order valence-electron chi connectivity index (χ3n) is 6.50. The summed E-state index contributed by atoms with van der Waals surface area (Å²) in [4.78, 5) is 28.8. The zero-order valence-electron chi connectivity index (χ0n) is 17.0. The van der Waals surface area contributed by atoms with Gasteiger partial charge in [-0.25, -0.2) is 4.98 Å². The maximum Gasteiger partial charge on any atom is 0.423 e. The fraction of sp³-hybridized carbons (Fsp3) is 0.600. The molecule has 0 radical (unpaired) electrons. The standard InChI is InChI=1S/C20H23F3N4O3/c1-11(2)18(28)26-8-12-4-5-19(6-12,10-26)13-9-25(3)17-15(13)16(20(21,22)23)14(7-24-17)27(29)30/h7,9,11-12H,4-6,8,10H2,1-3H3/t12-,19-/m1/s1. The highest BCUT2D eigenvalue weighted by molar-refractivity contribution is 5.89. The van der Waals surface area contributed by atoms with Gasteiger partial charge in [0.05, 0.1) is 4.92 Å². The number of hydrogen-bond donors (Lipinski definition) is 0. The fourth-order valence-corrected chi connectivity index (χ4v) is 5.30. The Balaban J connectivity index is 1.96. The quantitative estimate of drug-likeness (QED) is 0.550. The maximum atomic E-state index is 14.0. The van der Waals surface area contributed by atoms with Gasteiger partial charge in [-0.05, 0) is 30.7 Å². The molecule has 0 aromatic carbocycles. The van der Waals surface area contributed by atoms with Crippen LogP contribution in [0.4, 0.5) is 18.9 Å². The molecule has 0 spiro atoms. The lowest BCUT2D eigenvalue weighted by Gasteiger charge is -2.41. The number of nitrogens with zero attached hydrogens (tertiary/aromatic N) is 4. The van der Waals surface area contributed by atoms with Crippen LogP contribution < -0.4 is 0 Å². The molecule has 7 nitrogen and oxygen atoms in total. The predicted molar refractivity (Wildman–Crippen MR) is 103 cm³/mol. The Morgan fingerprint density at radius 3 is 2.70 bits per heavy atom. The summed E-state index contributed by atoms with van der Waals surface area (Å²) in [5, 5.41) is 11.2. The summed E-state index contributed by atoms with van der Waals surface area (Å²) >= 11 is 0. The van der Waals surface area contributed by atoms with Crippen LogP contribution in [0, 0.1) is 22.0 Å². The summed E-state index contributed by atoms with van der Waals surface area (Å²) in [5.74, 6) is -0.0235. The van der Waals surface area contributed by atoms with Crippen LogP contribution in [-0.4, -0.2) is 38.4 Å². The average molecular weight is 424 g/mol. The molecule has 2 aromatic rings. The lowest BCUT2D eigenvalue weighted by atomic mass is 9.75. The first-order chi connectivity index (χ1) is 13.9. The third-order valence-corrected chi connectivity index (χ3v) is 6.50. The first kappa shape index (κ1) is 20.6. The maximum absolute atomic E-state index is 14.0. The largest absolute Gasteiger partial charge is 0.423 e. The number of rotatable bonds is 3. The SMILES string of the molecule is CC(C)C(=O)N1C[C@@H]2CC[C@@](c3cn(C)c4ncc([N+](=O)[O-])c(C(F)(F)F)c34)(C2)C1. The third kappa shape index (κ3) is 3.04. The summed E-state index contributed by atoms with van der Waals surface area (Å²) in [6.45, 7) is 4.53. The van der Waals surface area contributed by atoms with Gasteiger partial charge >= 0.3 is 11.9 Å². The van der Waals surface area contributed by atoms with Gasteiger partial charge in [-0.2, -0.15) is 13.2 Å². The molecule has 0 unspecified atom stereocenters. The monoisotopic (exact) mass is 424 g/mol. The minimum atomic E-state index is -4.91. The molecule has 1 amide bonds. The van der Waals surface area contributed by atoms with Gasteiger partial charge < -0.3 is 9.47 Å². The van der Waals surface area contributed by atoms with Crippen molar-refractivity contribution >= 4 is 22.6 Å². The number of carbonyl (C=O) groups is 1. The van der Waals surface area contributed by atoms with E-state index in [0.29, 0.717) is 37.7 Å². The van der Waals surface area contributed by atoms with E-state index in [0.717, 1.165) is 6.42 Å². The number of alkyl halides is 3. The van der Waals surface area contributed by atoms with Crippen LogP contribution in [0.1, 0.15) is 44.2 Å². The van der Waals surface area contributed by atoms with Crippen molar-refractivity contribution in [1.29, 1.82) is 0 Å². The number of fused-ring (bicyclic) bond motifs is 3. The van der Waals surface area contributed by atoms with E-state index in [-0.39, 0.29) is 28.8 Å². The average Bonchev–Trinajstić information content (AvgIpc) is 3.16. The second kappa shape index (κ2) is 6.68. The van der Waals surface area contributed by atoms with E-state index in [9.17, 15) is 28.1 Å². The molecule has 1 aliphatic carbocycles. The molecular weight excluding hydrogens is 401 g/mol. The van der Waals surface area contributed by atoms with E-state index in [1.807, 2.05) is 0 Å². The van der Waals surface area contributed by atoms with Gasteiger partial charge in [0.2, 0.25) is 5.91 Å². The van der Waals surface area contributed by atoms with Crippen LogP contribution in [0.2, 0.25) is 0 Å². The molecule has 0 N–H and O–H groups in total. The molecule has 10 heteroatoms. The number of amides is 1. The zero-order chi connectivity index (χ0) is 22.0. The van der Waals surface area contributed by atoms with Gasteiger partial charge in [0.1, 0.15) is 17.4 Å². The molecule has 30 heavy (non-hydrogen) atoms. The summed E-state index contributed by atoms with van der Waals surface area (Å²) in [5.41, 5.74) is -2.48. The Hall–Kier alpha value is -2.65. The Morgan fingerprint density at radius 1 is 1.40 bits per heavy atom. The van der Waals surface area contributed by atoms with Crippen molar-refractivity contribution in [3.63, 3.8) is 0 Å². The molecule has 2 fully saturated rings. The lowest BCUT2D eigenvalue weighted by molar-refractivity contribution is -0.388. The molecule has 1 aliphatic heterocycles. The number of likely N-dealkylation sites (tertiary alicyclic amines) is 1. The van der Waals surface area contributed by atoms with E-state index in [1.165, 1.54) is 4.57 Å². The number of pyridine rings is 1. The predicted octanol–water partition coefficient (Wildman–Crippen LogP) is 4.04. The summed E-state index contributed by atoms with van der Waals surface area (Å²) in [6.07, 6.45) is -0.507. The molecule has 1 saturated carbocycles. The van der Waals surface area contributed by atoms with Crippen LogP contribution in [-0.2, 0) is 23.4 Å². The van der Waals surface area contributed by atoms with Crippen LogP contribution in [0.15, 0.2) is 12.4 Å². The lowest BCUT2D eigenvalue weighted by Crippen LogP contribution is -2.49. The minimum absolute atomic E-state index is 0.0219. The number of aromatic nitrogens is 2. The summed E-state index contributed by atoms with van der Waals surface area (Å²) in [6, 6.07) is 0. The van der Waals surface area contributed by atoms with E-state index in [1.54, 1.807) is 32.0 Å². The van der Waals surface area contributed by atoms with Gasteiger partial charge in [-0.1, -0.05) is 13.8 Å². The molecule has 3 heterocycles. The van der Waals surface area contributed by atoms with Crippen molar-refractivity contribution in [3.8, 4) is 0 Å². The van der Waals surface area contributed by atoms with Gasteiger partial charge in [0, 0.05) is 43.1 Å². The van der Waals surface area contributed by atoms with E-state index in [4.69, 9.17) is 0 Å². The second-order valence-electron chi connectivity index (χ2n) is 8.89. The van der Waals surface area contributed by atoms with Crippen molar-refractivity contribution in [2.75, 3.05) is 13.1 Å². The second-order valence-corrected chi connectivity index (χ2v) is 8.89. The number of hydrogen-bond acceptors (Lipinski definition) is 4. The molecule has 2 aliphatic rings. The van der Waals surface area contributed by atoms with Crippen molar-refractivity contribution in [1.82, 2.24) is 14.5 Å². The van der Waals surface area contributed by atoms with Crippen molar-refractivity contribution in [2.45, 2.75) is 44.7 Å². The highest BCUT2D eigenvalue weighted by Gasteiger charge is 2.51. The van der Waals surface area contributed by atoms with Crippen LogP contribution in [0.3, 0.4) is 0 Å². The topological polar surface area (TPSA) is 81.3 Å². The summed E-state index contributed by atoms with van der Waals surface area (Å²) < 4.78 is 43.6. The van der Waals surface area contributed by atoms with E-state index >= 15 is 0 Å². The smallest absolute Gasteiger partial charge is 0.341 e. The molecule has 2 atom stereocenters. The van der Waals surface area contributed by atoms with E-state index < -0.39 is 27.8 Å². The zero-order valence-corrected chi connectivity index (χ0v) is 17.0. The van der Waals surface area contributed by atoms with Gasteiger partial charge in [0.15, 0.2) is 0 Å². The van der Waals surface area contributed by atoms with Gasteiger partial charge in [-0.3, -0.25) is 14.9 Å². The Labute approximate surface area is 171 Å². The van der Waals surface area contributed by atoms with Crippen molar-refractivity contribution in [2.24, 2.45) is 18.9 Å². The molecular formula is C20H23F3N4O3. The Morgan fingerprint density at radius 2 is 2.10 bits per heavy atom. The number of nitro groups is 1. The highest BCUT2D eigenvalue weighted by atomic mass is 19.4. The van der Waals surface area contributed by atoms with Crippen molar-refractivity contribution < 1.29 is 22.9 Å². The number of halogens is 3. The normalized spacial score (nSPS) is 24.1. The van der Waals surface area contributed by atoms with Gasteiger partial charge in [-0.15, -0.1) is 0 Å². The molecule has 4 rings (SSSR count). The van der Waals surface area contributed by atoms with Crippen LogP contribution >= 0.6 is 0 Å². The highest BCUT2D eigenvalue weighted by Crippen LogP contribution is 2.53. The van der Waals surface area contributed by atoms with Gasteiger partial charge in [0.25, 0.3) is 0 Å². The number of carbonyl (C=O) groups excluding carboxylic acids is 1. The minimum Gasteiger partial charge on any atom is -0.341 e. The first-order valence-corrected chi connectivity index (χ1v) is 9.93. The molecule has 2 bridgehead atoms. The first-order valence-electron chi connectivity index (χ1n) is 9.93. The van der Waals surface area contributed by atoms with Crippen LogP contribution in [0.25, 0.3) is 11.0 Å². The molecule has 1 saturated heterocycles. The Kier molecular flexibility index (Phi) is 4.59. The molecule has 162 valence electrons.